The molecule has 1 unspecified atom stereocenters. The van der Waals surface area contributed by atoms with Gasteiger partial charge in [0.1, 0.15) is 0 Å². The van der Waals surface area contributed by atoms with Crippen molar-refractivity contribution in [2.45, 2.75) is 38.8 Å². The Kier molecular flexibility index (Phi) is 4.96. The van der Waals surface area contributed by atoms with Crippen LogP contribution in [0.5, 0.6) is 0 Å². The summed E-state index contributed by atoms with van der Waals surface area (Å²) in [6, 6.07) is 8.48. The van der Waals surface area contributed by atoms with E-state index in [4.69, 9.17) is 0 Å². The van der Waals surface area contributed by atoms with Crippen LogP contribution in [0.15, 0.2) is 28.7 Å². The molecule has 2 N–H and O–H groups in total. The summed E-state index contributed by atoms with van der Waals surface area (Å²) >= 11 is 3.42. The van der Waals surface area contributed by atoms with E-state index in [1.54, 1.807) is 0 Å². The Morgan fingerprint density at radius 1 is 1.31 bits per heavy atom. The van der Waals surface area contributed by atoms with Gasteiger partial charge in [0.15, 0.2) is 0 Å². The first-order valence-electron chi connectivity index (χ1n) is 5.68. The highest BCUT2D eigenvalue weighted by atomic mass is 79.9. The molecule has 0 radical (unpaired) electrons. The van der Waals surface area contributed by atoms with E-state index in [0.29, 0.717) is 6.04 Å². The zero-order chi connectivity index (χ0) is 12.2. The van der Waals surface area contributed by atoms with Crippen molar-refractivity contribution in [2.24, 2.45) is 0 Å². The van der Waals surface area contributed by atoms with Crippen LogP contribution in [0.3, 0.4) is 0 Å². The Hall–Kier alpha value is -0.380. The van der Waals surface area contributed by atoms with Gasteiger partial charge in [-0.25, -0.2) is 0 Å². The van der Waals surface area contributed by atoms with E-state index in [1.165, 1.54) is 0 Å². The number of rotatable bonds is 5. The third-order valence-electron chi connectivity index (χ3n) is 2.84. The molecule has 0 aliphatic rings. The van der Waals surface area contributed by atoms with E-state index < -0.39 is 0 Å². The van der Waals surface area contributed by atoms with Gasteiger partial charge in [-0.1, -0.05) is 35.0 Å². The smallest absolute Gasteiger partial charge is 0.0668 e. The molecule has 90 valence electrons. The van der Waals surface area contributed by atoms with Crippen LogP contribution >= 0.6 is 15.9 Å². The first-order valence-corrected chi connectivity index (χ1v) is 6.48. The molecule has 0 saturated heterocycles. The van der Waals surface area contributed by atoms with Crippen LogP contribution < -0.4 is 5.32 Å². The van der Waals surface area contributed by atoms with Gasteiger partial charge in [0.05, 0.1) is 12.1 Å². The first-order chi connectivity index (χ1) is 7.54. The molecule has 0 saturated carbocycles. The fourth-order valence-electron chi connectivity index (χ4n) is 1.96. The van der Waals surface area contributed by atoms with Crippen LogP contribution in [0.2, 0.25) is 0 Å². The van der Waals surface area contributed by atoms with E-state index >= 15 is 0 Å². The van der Waals surface area contributed by atoms with E-state index in [0.717, 1.165) is 16.5 Å². The molecule has 1 rings (SSSR count). The van der Waals surface area contributed by atoms with Gasteiger partial charge in [0.2, 0.25) is 0 Å². The zero-order valence-electron chi connectivity index (χ0n) is 10.1. The fourth-order valence-corrected chi connectivity index (χ4v) is 2.22. The standard InChI is InChI=1S/C13H20BrNO/c1-4-13(9-16,15-10(2)3)11-5-7-12(14)8-6-11/h5-8,10,15-16H,4,9H2,1-3H3. The predicted octanol–water partition coefficient (Wildman–Crippen LogP) is 3.04. The second-order valence-electron chi connectivity index (χ2n) is 4.40. The van der Waals surface area contributed by atoms with Crippen molar-refractivity contribution in [1.82, 2.24) is 5.32 Å². The van der Waals surface area contributed by atoms with Gasteiger partial charge in [0.25, 0.3) is 0 Å². The van der Waals surface area contributed by atoms with Crippen molar-refractivity contribution in [1.29, 1.82) is 0 Å². The molecule has 0 fully saturated rings. The van der Waals surface area contributed by atoms with Crippen LogP contribution in [0.25, 0.3) is 0 Å². The lowest BCUT2D eigenvalue weighted by molar-refractivity contribution is 0.146. The van der Waals surface area contributed by atoms with Gasteiger partial charge in [0, 0.05) is 10.5 Å². The number of aliphatic hydroxyl groups excluding tert-OH is 1. The summed E-state index contributed by atoms with van der Waals surface area (Å²) < 4.78 is 1.06. The minimum absolute atomic E-state index is 0.114. The lowest BCUT2D eigenvalue weighted by atomic mass is 9.87. The van der Waals surface area contributed by atoms with Crippen molar-refractivity contribution in [3.8, 4) is 0 Å². The van der Waals surface area contributed by atoms with Crippen LogP contribution in [-0.4, -0.2) is 17.8 Å². The largest absolute Gasteiger partial charge is 0.394 e. The number of aliphatic hydroxyl groups is 1. The molecule has 3 heteroatoms. The Labute approximate surface area is 106 Å². The van der Waals surface area contributed by atoms with Crippen molar-refractivity contribution < 1.29 is 5.11 Å². The summed E-state index contributed by atoms with van der Waals surface area (Å²) in [5, 5.41) is 13.1. The maximum atomic E-state index is 9.67. The molecule has 1 atom stereocenters. The minimum atomic E-state index is -0.325. The quantitative estimate of drug-likeness (QED) is 0.872. The molecule has 0 aliphatic heterocycles. The Morgan fingerprint density at radius 2 is 1.88 bits per heavy atom. The lowest BCUT2D eigenvalue weighted by Gasteiger charge is -2.34. The van der Waals surface area contributed by atoms with Crippen LogP contribution in [-0.2, 0) is 5.54 Å². The molecule has 2 nitrogen and oxygen atoms in total. The van der Waals surface area contributed by atoms with Crippen LogP contribution in [0.1, 0.15) is 32.8 Å². The van der Waals surface area contributed by atoms with Crippen LogP contribution in [0.4, 0.5) is 0 Å². The molecule has 16 heavy (non-hydrogen) atoms. The number of benzene rings is 1. The highest BCUT2D eigenvalue weighted by Gasteiger charge is 2.29. The highest BCUT2D eigenvalue weighted by molar-refractivity contribution is 9.10. The van der Waals surface area contributed by atoms with E-state index in [9.17, 15) is 5.11 Å². The van der Waals surface area contributed by atoms with Gasteiger partial charge >= 0.3 is 0 Å². The Bertz CT molecular complexity index is 317. The second kappa shape index (κ2) is 5.80. The van der Waals surface area contributed by atoms with Crippen molar-refractivity contribution in [3.05, 3.63) is 34.3 Å². The predicted molar refractivity (Wildman–Crippen MR) is 71.5 cm³/mol. The fraction of sp³-hybridized carbons (Fsp3) is 0.538. The summed E-state index contributed by atoms with van der Waals surface area (Å²) in [5.41, 5.74) is 0.809. The molecule has 0 amide bonds. The third kappa shape index (κ3) is 3.06. The number of hydrogen-bond donors (Lipinski definition) is 2. The Balaban J connectivity index is 3.04. The molecular formula is C13H20BrNO. The van der Waals surface area contributed by atoms with Crippen molar-refractivity contribution in [2.75, 3.05) is 6.61 Å². The van der Waals surface area contributed by atoms with Crippen LogP contribution in [0, 0.1) is 0 Å². The molecule has 0 bridgehead atoms. The number of nitrogens with one attached hydrogen (secondary N) is 1. The zero-order valence-corrected chi connectivity index (χ0v) is 11.7. The van der Waals surface area contributed by atoms with Gasteiger partial charge in [-0.15, -0.1) is 0 Å². The monoisotopic (exact) mass is 285 g/mol. The van der Waals surface area contributed by atoms with Gasteiger partial charge in [-0.05, 0) is 38.0 Å². The van der Waals surface area contributed by atoms with E-state index in [1.807, 2.05) is 12.1 Å². The summed E-state index contributed by atoms with van der Waals surface area (Å²) in [7, 11) is 0. The average Bonchev–Trinajstić information content (AvgIpc) is 2.27. The molecule has 0 aliphatic carbocycles. The highest BCUT2D eigenvalue weighted by Crippen LogP contribution is 2.26. The summed E-state index contributed by atoms with van der Waals surface area (Å²) in [6.45, 7) is 6.40. The maximum Gasteiger partial charge on any atom is 0.0668 e. The average molecular weight is 286 g/mol. The lowest BCUT2D eigenvalue weighted by Crippen LogP contribution is -2.48. The summed E-state index contributed by atoms with van der Waals surface area (Å²) in [6.07, 6.45) is 0.864. The van der Waals surface area contributed by atoms with Gasteiger partial charge in [-0.2, -0.15) is 0 Å². The SMILES string of the molecule is CCC(CO)(NC(C)C)c1ccc(Br)cc1. The molecule has 0 aromatic heterocycles. The third-order valence-corrected chi connectivity index (χ3v) is 3.36. The first kappa shape index (κ1) is 13.7. The summed E-state index contributed by atoms with van der Waals surface area (Å²) in [4.78, 5) is 0. The molecule has 1 aromatic rings. The second-order valence-corrected chi connectivity index (χ2v) is 5.32. The van der Waals surface area contributed by atoms with Gasteiger partial charge in [-0.3, -0.25) is 0 Å². The maximum absolute atomic E-state index is 9.67. The summed E-state index contributed by atoms with van der Waals surface area (Å²) in [5.74, 6) is 0. The van der Waals surface area contributed by atoms with Gasteiger partial charge < -0.3 is 10.4 Å². The Morgan fingerprint density at radius 3 is 2.25 bits per heavy atom. The number of hydrogen-bond acceptors (Lipinski definition) is 2. The minimum Gasteiger partial charge on any atom is -0.394 e. The van der Waals surface area contributed by atoms with Crippen molar-refractivity contribution in [3.63, 3.8) is 0 Å². The molecule has 0 spiro atoms. The topological polar surface area (TPSA) is 32.3 Å². The van der Waals surface area contributed by atoms with E-state index in [2.05, 4.69) is 54.2 Å². The van der Waals surface area contributed by atoms with E-state index in [-0.39, 0.29) is 12.1 Å². The van der Waals surface area contributed by atoms with Crippen molar-refractivity contribution >= 4 is 15.9 Å². The molecular weight excluding hydrogens is 266 g/mol. The number of halogens is 1. The molecule has 0 heterocycles. The molecule has 1 aromatic carbocycles. The normalized spacial score (nSPS) is 15.1.